The van der Waals surface area contributed by atoms with Crippen molar-refractivity contribution >= 4 is 29.3 Å². The molecular formula is C18H14ClF3N2O3. The summed E-state index contributed by atoms with van der Waals surface area (Å²) in [7, 11) is 0. The number of carbonyl (C=O) groups is 2. The zero-order valence-corrected chi connectivity index (χ0v) is 14.7. The van der Waals surface area contributed by atoms with E-state index in [1.165, 1.54) is 24.3 Å². The molecule has 2 N–H and O–H groups in total. The Kier molecular flexibility index (Phi) is 4.77. The van der Waals surface area contributed by atoms with Crippen LogP contribution in [0.3, 0.4) is 0 Å². The third-order valence-electron chi connectivity index (χ3n) is 4.19. The molecule has 27 heavy (non-hydrogen) atoms. The number of fused-ring (bicyclic) bond motifs is 1. The van der Waals surface area contributed by atoms with Crippen LogP contribution in [0.5, 0.6) is 0 Å². The van der Waals surface area contributed by atoms with E-state index in [1.807, 2.05) is 6.92 Å². The van der Waals surface area contributed by atoms with Gasteiger partial charge in [0.2, 0.25) is 0 Å². The van der Waals surface area contributed by atoms with Crippen LogP contribution in [0.1, 0.15) is 21.5 Å². The van der Waals surface area contributed by atoms with Crippen LogP contribution in [0.2, 0.25) is 5.02 Å². The number of cyclic esters (lactones) is 1. The van der Waals surface area contributed by atoms with Gasteiger partial charge in [0.05, 0.1) is 12.2 Å². The van der Waals surface area contributed by atoms with Crippen molar-refractivity contribution in [1.29, 1.82) is 0 Å². The van der Waals surface area contributed by atoms with Crippen molar-refractivity contribution in [1.82, 2.24) is 5.32 Å². The molecule has 0 aliphatic carbocycles. The minimum atomic E-state index is -5.00. The number of halogens is 4. The summed E-state index contributed by atoms with van der Waals surface area (Å²) in [5.74, 6) is -0.725. The quantitative estimate of drug-likeness (QED) is 0.805. The molecule has 3 rings (SSSR count). The third-order valence-corrected chi connectivity index (χ3v) is 4.43. The SMILES string of the molecule is Cc1ccc(C(=O)NCC2(C(F)(F)F)OC(=O)Nc3ccc(Cl)cc32)cc1. The first kappa shape index (κ1) is 19.0. The van der Waals surface area contributed by atoms with Crippen molar-refractivity contribution in [2.24, 2.45) is 0 Å². The van der Waals surface area contributed by atoms with Crippen molar-refractivity contribution < 1.29 is 27.5 Å². The maximum absolute atomic E-state index is 14.0. The molecule has 1 atom stereocenters. The fourth-order valence-corrected chi connectivity index (χ4v) is 2.93. The molecule has 2 amide bonds. The highest BCUT2D eigenvalue weighted by Gasteiger charge is 2.62. The zero-order valence-electron chi connectivity index (χ0n) is 14.0. The Morgan fingerprint density at radius 1 is 1.22 bits per heavy atom. The van der Waals surface area contributed by atoms with Crippen LogP contribution in [0.4, 0.5) is 23.7 Å². The van der Waals surface area contributed by atoms with Gasteiger partial charge in [-0.15, -0.1) is 0 Å². The van der Waals surface area contributed by atoms with Crippen LogP contribution >= 0.6 is 11.6 Å². The summed E-state index contributed by atoms with van der Waals surface area (Å²) in [5, 5.41) is 4.45. The Bertz CT molecular complexity index is 900. The van der Waals surface area contributed by atoms with E-state index in [4.69, 9.17) is 11.6 Å². The van der Waals surface area contributed by atoms with Gasteiger partial charge in [0, 0.05) is 16.1 Å². The van der Waals surface area contributed by atoms with Crippen LogP contribution in [0, 0.1) is 6.92 Å². The summed E-state index contributed by atoms with van der Waals surface area (Å²) in [5.41, 5.74) is -2.45. The van der Waals surface area contributed by atoms with Crippen LogP contribution in [-0.4, -0.2) is 24.7 Å². The number of amides is 2. The fourth-order valence-electron chi connectivity index (χ4n) is 2.76. The Morgan fingerprint density at radius 2 is 1.89 bits per heavy atom. The average Bonchev–Trinajstić information content (AvgIpc) is 2.59. The van der Waals surface area contributed by atoms with E-state index in [0.717, 1.165) is 11.6 Å². The molecule has 1 heterocycles. The minimum absolute atomic E-state index is 0.0342. The van der Waals surface area contributed by atoms with Gasteiger partial charge in [-0.25, -0.2) is 4.79 Å². The average molecular weight is 399 g/mol. The maximum Gasteiger partial charge on any atom is 0.434 e. The van der Waals surface area contributed by atoms with E-state index in [1.54, 1.807) is 12.1 Å². The number of alkyl halides is 3. The smallest absolute Gasteiger partial charge is 0.426 e. The normalized spacial score (nSPS) is 18.9. The van der Waals surface area contributed by atoms with Gasteiger partial charge in [-0.3, -0.25) is 10.1 Å². The number of ether oxygens (including phenoxy) is 1. The lowest BCUT2D eigenvalue weighted by Gasteiger charge is -2.39. The molecule has 0 spiro atoms. The second-order valence-electron chi connectivity index (χ2n) is 6.08. The number of nitrogens with one attached hydrogen (secondary N) is 2. The van der Waals surface area contributed by atoms with Gasteiger partial charge in [0.25, 0.3) is 11.5 Å². The number of hydrogen-bond donors (Lipinski definition) is 2. The highest BCUT2D eigenvalue weighted by molar-refractivity contribution is 6.30. The highest BCUT2D eigenvalue weighted by Crippen LogP contribution is 2.47. The van der Waals surface area contributed by atoms with Gasteiger partial charge < -0.3 is 10.1 Å². The van der Waals surface area contributed by atoms with Crippen molar-refractivity contribution in [2.45, 2.75) is 18.7 Å². The standard InChI is InChI=1S/C18H14ClF3N2O3/c1-10-2-4-11(5-3-10)15(25)23-9-17(18(20,21)22)13-8-12(19)6-7-14(13)24-16(26)27-17/h2-8H,9H2,1H3,(H,23,25)(H,24,26). The Morgan fingerprint density at radius 3 is 2.52 bits per heavy atom. The summed E-state index contributed by atoms with van der Waals surface area (Å²) in [6.45, 7) is 0.819. The molecule has 0 saturated carbocycles. The molecule has 2 aromatic rings. The number of anilines is 1. The van der Waals surface area contributed by atoms with Crippen molar-refractivity contribution in [3.63, 3.8) is 0 Å². The molecule has 0 radical (unpaired) electrons. The van der Waals surface area contributed by atoms with Crippen molar-refractivity contribution in [3.05, 3.63) is 64.2 Å². The summed E-state index contributed by atoms with van der Waals surface area (Å²) < 4.78 is 46.6. The summed E-state index contributed by atoms with van der Waals surface area (Å²) in [4.78, 5) is 24.0. The Labute approximate surface area is 157 Å². The highest BCUT2D eigenvalue weighted by atomic mass is 35.5. The predicted octanol–water partition coefficient (Wildman–Crippen LogP) is 4.40. The molecule has 0 saturated heterocycles. The first-order valence-electron chi connectivity index (χ1n) is 7.84. The molecule has 0 bridgehead atoms. The van der Waals surface area contributed by atoms with Gasteiger partial charge >= 0.3 is 12.3 Å². The molecular weight excluding hydrogens is 385 g/mol. The van der Waals surface area contributed by atoms with Crippen LogP contribution in [0.15, 0.2) is 42.5 Å². The van der Waals surface area contributed by atoms with Crippen LogP contribution in [-0.2, 0) is 10.3 Å². The molecule has 0 fully saturated rings. The van der Waals surface area contributed by atoms with E-state index in [2.05, 4.69) is 15.4 Å². The number of aryl methyl sites for hydroxylation is 1. The van der Waals surface area contributed by atoms with Gasteiger partial charge in [0.15, 0.2) is 0 Å². The lowest BCUT2D eigenvalue weighted by atomic mass is 9.89. The van der Waals surface area contributed by atoms with Gasteiger partial charge in [-0.05, 0) is 37.3 Å². The lowest BCUT2D eigenvalue weighted by Crippen LogP contribution is -2.56. The second kappa shape index (κ2) is 6.77. The summed E-state index contributed by atoms with van der Waals surface area (Å²) in [6, 6.07) is 9.96. The minimum Gasteiger partial charge on any atom is -0.426 e. The third kappa shape index (κ3) is 3.57. The number of hydrogen-bond acceptors (Lipinski definition) is 3. The molecule has 2 aromatic carbocycles. The van der Waals surface area contributed by atoms with Gasteiger partial charge in [0.1, 0.15) is 0 Å². The number of rotatable bonds is 3. The second-order valence-corrected chi connectivity index (χ2v) is 6.51. The first-order chi connectivity index (χ1) is 12.6. The first-order valence-corrected chi connectivity index (χ1v) is 8.22. The molecule has 142 valence electrons. The van der Waals surface area contributed by atoms with Crippen LogP contribution < -0.4 is 10.6 Å². The van der Waals surface area contributed by atoms with Crippen molar-refractivity contribution in [3.8, 4) is 0 Å². The topological polar surface area (TPSA) is 67.4 Å². The van der Waals surface area contributed by atoms with Gasteiger partial charge in [-0.2, -0.15) is 13.2 Å². The van der Waals surface area contributed by atoms with E-state index in [-0.39, 0.29) is 21.8 Å². The predicted molar refractivity (Wildman–Crippen MR) is 92.8 cm³/mol. The summed E-state index contributed by atoms with van der Waals surface area (Å²) in [6.07, 6.45) is -6.27. The van der Waals surface area contributed by atoms with E-state index in [0.29, 0.717) is 0 Å². The molecule has 1 unspecified atom stereocenters. The Hall–Kier alpha value is -2.74. The van der Waals surface area contributed by atoms with Crippen molar-refractivity contribution in [2.75, 3.05) is 11.9 Å². The van der Waals surface area contributed by atoms with E-state index >= 15 is 0 Å². The largest absolute Gasteiger partial charge is 0.434 e. The summed E-state index contributed by atoms with van der Waals surface area (Å²) >= 11 is 5.84. The van der Waals surface area contributed by atoms with Crippen LogP contribution in [0.25, 0.3) is 0 Å². The number of carbonyl (C=O) groups excluding carboxylic acids is 2. The molecule has 1 aliphatic heterocycles. The lowest BCUT2D eigenvalue weighted by molar-refractivity contribution is -0.261. The zero-order chi connectivity index (χ0) is 19.8. The molecule has 9 heteroatoms. The monoisotopic (exact) mass is 398 g/mol. The Balaban J connectivity index is 1.97. The number of benzene rings is 2. The fraction of sp³-hybridized carbons (Fsp3) is 0.222. The maximum atomic E-state index is 14.0. The van der Waals surface area contributed by atoms with Gasteiger partial charge in [-0.1, -0.05) is 29.3 Å². The van der Waals surface area contributed by atoms with E-state index < -0.39 is 30.3 Å². The molecule has 0 aromatic heterocycles. The molecule has 1 aliphatic rings. The van der Waals surface area contributed by atoms with E-state index in [9.17, 15) is 22.8 Å². The molecule has 5 nitrogen and oxygen atoms in total.